The number of benzene rings is 1. The Balaban J connectivity index is 1.52. The highest BCUT2D eigenvalue weighted by Crippen LogP contribution is 2.37. The van der Waals surface area contributed by atoms with Crippen molar-refractivity contribution in [1.82, 2.24) is 15.3 Å². The molecule has 6 heteroatoms. The van der Waals surface area contributed by atoms with Crippen LogP contribution in [0.4, 0.5) is 10.2 Å². The second-order valence-electron chi connectivity index (χ2n) is 8.02. The van der Waals surface area contributed by atoms with Crippen molar-refractivity contribution in [3.05, 3.63) is 54.3 Å². The highest BCUT2D eigenvalue weighted by atomic mass is 19.1. The summed E-state index contributed by atoms with van der Waals surface area (Å²) in [7, 11) is 0. The van der Waals surface area contributed by atoms with Crippen LogP contribution in [0.3, 0.4) is 0 Å². The van der Waals surface area contributed by atoms with Gasteiger partial charge in [0.2, 0.25) is 0 Å². The Bertz CT molecular complexity index is 975. The van der Waals surface area contributed by atoms with E-state index in [1.807, 2.05) is 12.1 Å². The van der Waals surface area contributed by atoms with Crippen molar-refractivity contribution in [3.8, 4) is 22.6 Å². The first-order chi connectivity index (χ1) is 14.3. The van der Waals surface area contributed by atoms with Crippen LogP contribution in [0.15, 0.2) is 47.0 Å². The predicted octanol–water partition coefficient (Wildman–Crippen LogP) is 4.83. The number of halogens is 1. The number of rotatable bonds is 6. The maximum atomic E-state index is 13.5. The summed E-state index contributed by atoms with van der Waals surface area (Å²) >= 11 is 0. The molecule has 1 aliphatic carbocycles. The molecule has 0 amide bonds. The van der Waals surface area contributed by atoms with Gasteiger partial charge in [0.1, 0.15) is 17.3 Å². The summed E-state index contributed by atoms with van der Waals surface area (Å²) in [6, 6.07) is 10.4. The molecule has 2 N–H and O–H groups in total. The SMILES string of the molecule is Fc1ccc(-c2nc(C3CCNCC3)oc2-c2ccnc(NCC3CC3)c2)cc1. The van der Waals surface area contributed by atoms with Crippen LogP contribution in [0.1, 0.15) is 37.5 Å². The molecule has 3 heterocycles. The number of anilines is 1. The lowest BCUT2D eigenvalue weighted by atomic mass is 9.98. The molecule has 1 saturated heterocycles. The zero-order valence-electron chi connectivity index (χ0n) is 16.3. The topological polar surface area (TPSA) is 63.0 Å². The number of hydrogen-bond donors (Lipinski definition) is 2. The van der Waals surface area contributed by atoms with E-state index < -0.39 is 0 Å². The molecular weight excluding hydrogens is 367 g/mol. The number of oxazole rings is 1. The second kappa shape index (κ2) is 7.95. The number of aromatic nitrogens is 2. The molecule has 0 atom stereocenters. The predicted molar refractivity (Wildman–Crippen MR) is 111 cm³/mol. The van der Waals surface area contributed by atoms with Crippen molar-refractivity contribution < 1.29 is 8.81 Å². The van der Waals surface area contributed by atoms with Crippen LogP contribution in [-0.2, 0) is 0 Å². The van der Waals surface area contributed by atoms with E-state index in [-0.39, 0.29) is 5.82 Å². The second-order valence-corrected chi connectivity index (χ2v) is 8.02. The molecule has 3 aromatic rings. The Morgan fingerprint density at radius 3 is 2.59 bits per heavy atom. The van der Waals surface area contributed by atoms with Crippen LogP contribution < -0.4 is 10.6 Å². The number of hydrogen-bond acceptors (Lipinski definition) is 5. The molecule has 0 unspecified atom stereocenters. The summed E-state index contributed by atoms with van der Waals surface area (Å²) in [6.45, 7) is 2.90. The number of pyridine rings is 1. The van der Waals surface area contributed by atoms with Crippen LogP contribution in [0, 0.1) is 11.7 Å². The Morgan fingerprint density at radius 1 is 1.03 bits per heavy atom. The van der Waals surface area contributed by atoms with Gasteiger partial charge in [-0.1, -0.05) is 0 Å². The first kappa shape index (κ1) is 18.3. The first-order valence-corrected chi connectivity index (χ1v) is 10.4. The molecule has 5 rings (SSSR count). The van der Waals surface area contributed by atoms with Crippen LogP contribution in [0.5, 0.6) is 0 Å². The molecule has 2 aliphatic rings. The summed E-state index contributed by atoms with van der Waals surface area (Å²) in [6.07, 6.45) is 6.40. The van der Waals surface area contributed by atoms with E-state index in [4.69, 9.17) is 9.40 Å². The average Bonchev–Trinajstić information content (AvgIpc) is 3.50. The molecule has 150 valence electrons. The first-order valence-electron chi connectivity index (χ1n) is 10.4. The monoisotopic (exact) mass is 392 g/mol. The highest BCUT2D eigenvalue weighted by molar-refractivity contribution is 5.77. The largest absolute Gasteiger partial charge is 0.440 e. The average molecular weight is 392 g/mol. The van der Waals surface area contributed by atoms with Gasteiger partial charge in [-0.05, 0) is 81.1 Å². The zero-order chi connectivity index (χ0) is 19.6. The van der Waals surface area contributed by atoms with E-state index in [0.29, 0.717) is 5.92 Å². The van der Waals surface area contributed by atoms with Crippen LogP contribution in [0.25, 0.3) is 22.6 Å². The fraction of sp³-hybridized carbons (Fsp3) is 0.391. The van der Waals surface area contributed by atoms with Crippen LogP contribution in [0.2, 0.25) is 0 Å². The molecule has 0 bridgehead atoms. The normalized spacial score (nSPS) is 17.4. The molecule has 2 fully saturated rings. The van der Waals surface area contributed by atoms with E-state index in [0.717, 1.165) is 72.7 Å². The number of piperidine rings is 1. The van der Waals surface area contributed by atoms with Crippen molar-refractivity contribution in [2.24, 2.45) is 5.92 Å². The third-order valence-corrected chi connectivity index (χ3v) is 5.74. The van der Waals surface area contributed by atoms with Crippen molar-refractivity contribution >= 4 is 5.82 Å². The lowest BCUT2D eigenvalue weighted by Crippen LogP contribution is -2.26. The van der Waals surface area contributed by atoms with E-state index in [1.54, 1.807) is 18.3 Å². The zero-order valence-corrected chi connectivity index (χ0v) is 16.3. The molecule has 1 aliphatic heterocycles. The summed E-state index contributed by atoms with van der Waals surface area (Å²) in [5.74, 6) is 3.16. The number of nitrogens with one attached hydrogen (secondary N) is 2. The van der Waals surface area contributed by atoms with Gasteiger partial charge in [-0.3, -0.25) is 0 Å². The molecule has 5 nitrogen and oxygen atoms in total. The van der Waals surface area contributed by atoms with Crippen molar-refractivity contribution in [2.75, 3.05) is 25.0 Å². The van der Waals surface area contributed by atoms with Crippen molar-refractivity contribution in [2.45, 2.75) is 31.6 Å². The van der Waals surface area contributed by atoms with Crippen LogP contribution >= 0.6 is 0 Å². The van der Waals surface area contributed by atoms with Gasteiger partial charge in [-0.15, -0.1) is 0 Å². The Labute approximate surface area is 169 Å². The Hall–Kier alpha value is -2.73. The third kappa shape index (κ3) is 4.17. The van der Waals surface area contributed by atoms with E-state index >= 15 is 0 Å². The minimum absolute atomic E-state index is 0.257. The lowest BCUT2D eigenvalue weighted by molar-refractivity contribution is 0.378. The van der Waals surface area contributed by atoms with Crippen molar-refractivity contribution in [1.29, 1.82) is 0 Å². The van der Waals surface area contributed by atoms with Crippen molar-refractivity contribution in [3.63, 3.8) is 0 Å². The molecule has 0 spiro atoms. The summed E-state index contributed by atoms with van der Waals surface area (Å²) < 4.78 is 19.8. The molecule has 1 saturated carbocycles. The number of nitrogens with zero attached hydrogens (tertiary/aromatic N) is 2. The summed E-state index contributed by atoms with van der Waals surface area (Å²) in [5.41, 5.74) is 2.55. The van der Waals surface area contributed by atoms with Gasteiger partial charge in [-0.25, -0.2) is 14.4 Å². The summed E-state index contributed by atoms with van der Waals surface area (Å²) in [4.78, 5) is 9.31. The Kier molecular flexibility index (Phi) is 5.02. The quantitative estimate of drug-likeness (QED) is 0.629. The fourth-order valence-corrected chi connectivity index (χ4v) is 3.82. The van der Waals surface area contributed by atoms with E-state index in [9.17, 15) is 4.39 Å². The van der Waals surface area contributed by atoms with Gasteiger partial charge >= 0.3 is 0 Å². The lowest BCUT2D eigenvalue weighted by Gasteiger charge is -2.19. The van der Waals surface area contributed by atoms with E-state index in [2.05, 4.69) is 15.6 Å². The minimum Gasteiger partial charge on any atom is -0.440 e. The maximum absolute atomic E-state index is 13.5. The standard InChI is InChI=1S/C23H25FN4O/c24-19-5-3-16(4-6-19)21-22(29-23(28-21)17-7-10-25-11-8-17)18-9-12-26-20(13-18)27-14-15-1-2-15/h3-6,9,12-13,15,17,25H,1-2,7-8,10-11,14H2,(H,26,27). The molecule has 0 radical (unpaired) electrons. The van der Waals surface area contributed by atoms with Gasteiger partial charge in [0.25, 0.3) is 0 Å². The maximum Gasteiger partial charge on any atom is 0.198 e. The van der Waals surface area contributed by atoms with Crippen LogP contribution in [-0.4, -0.2) is 29.6 Å². The van der Waals surface area contributed by atoms with Gasteiger partial charge < -0.3 is 15.1 Å². The molecular formula is C23H25FN4O. The van der Waals surface area contributed by atoms with E-state index in [1.165, 1.54) is 25.0 Å². The smallest absolute Gasteiger partial charge is 0.198 e. The highest BCUT2D eigenvalue weighted by Gasteiger charge is 2.25. The fourth-order valence-electron chi connectivity index (χ4n) is 3.82. The molecule has 2 aromatic heterocycles. The van der Waals surface area contributed by atoms with Gasteiger partial charge in [-0.2, -0.15) is 0 Å². The van der Waals surface area contributed by atoms with Gasteiger partial charge in [0.05, 0.1) is 0 Å². The van der Waals surface area contributed by atoms with Gasteiger partial charge in [0, 0.05) is 29.8 Å². The summed E-state index contributed by atoms with van der Waals surface area (Å²) in [5, 5.41) is 6.81. The minimum atomic E-state index is -0.257. The van der Waals surface area contributed by atoms with Gasteiger partial charge in [0.15, 0.2) is 11.7 Å². The molecule has 1 aromatic carbocycles. The third-order valence-electron chi connectivity index (χ3n) is 5.74. The Morgan fingerprint density at radius 2 is 1.83 bits per heavy atom. The molecule has 29 heavy (non-hydrogen) atoms.